The van der Waals surface area contributed by atoms with E-state index in [4.69, 9.17) is 14.0 Å². The molecule has 0 saturated carbocycles. The molecular formula is C19H24N2O5. The van der Waals surface area contributed by atoms with Crippen molar-refractivity contribution in [3.8, 4) is 5.75 Å². The van der Waals surface area contributed by atoms with E-state index in [1.54, 1.807) is 24.3 Å². The number of rotatable bonds is 8. The molecule has 2 aromatic rings. The second-order valence-electron chi connectivity index (χ2n) is 6.07. The average molecular weight is 360 g/mol. The van der Waals surface area contributed by atoms with E-state index in [1.165, 1.54) is 0 Å². The van der Waals surface area contributed by atoms with Crippen LogP contribution < -0.4 is 10.1 Å². The molecule has 1 atom stereocenters. The molecule has 140 valence electrons. The minimum Gasteiger partial charge on any atom is -0.489 e. The van der Waals surface area contributed by atoms with E-state index in [9.17, 15) is 9.59 Å². The molecule has 0 saturated heterocycles. The number of esters is 1. The van der Waals surface area contributed by atoms with Crippen LogP contribution in [0, 0.1) is 13.8 Å². The van der Waals surface area contributed by atoms with Gasteiger partial charge in [0.25, 0.3) is 5.91 Å². The summed E-state index contributed by atoms with van der Waals surface area (Å²) in [6, 6.07) is 6.66. The number of hydrogen-bond acceptors (Lipinski definition) is 6. The van der Waals surface area contributed by atoms with Gasteiger partial charge in [-0.25, -0.2) is 4.79 Å². The molecule has 0 radical (unpaired) electrons. The van der Waals surface area contributed by atoms with Crippen molar-refractivity contribution in [2.24, 2.45) is 0 Å². The van der Waals surface area contributed by atoms with Crippen LogP contribution in [0.25, 0.3) is 0 Å². The Hall–Kier alpha value is -2.83. The second kappa shape index (κ2) is 9.03. The summed E-state index contributed by atoms with van der Waals surface area (Å²) in [5, 5.41) is 6.61. The first kappa shape index (κ1) is 19.5. The molecule has 1 heterocycles. The van der Waals surface area contributed by atoms with Crippen LogP contribution in [0.15, 0.2) is 28.8 Å². The van der Waals surface area contributed by atoms with Crippen LogP contribution in [0.3, 0.4) is 0 Å². The Morgan fingerprint density at radius 1 is 1.31 bits per heavy atom. The first-order valence-electron chi connectivity index (χ1n) is 8.51. The molecule has 0 aliphatic rings. The number of aryl methyl sites for hydroxylation is 2. The van der Waals surface area contributed by atoms with Gasteiger partial charge >= 0.3 is 5.97 Å². The molecule has 0 aliphatic carbocycles. The molecule has 1 amide bonds. The lowest BCUT2D eigenvalue weighted by Crippen LogP contribution is -2.35. The minimum atomic E-state index is -0.577. The molecule has 0 bridgehead atoms. The molecule has 0 fully saturated rings. The van der Waals surface area contributed by atoms with Crippen LogP contribution >= 0.6 is 0 Å². The van der Waals surface area contributed by atoms with Crippen molar-refractivity contribution in [3.05, 3.63) is 46.8 Å². The standard InChI is InChI=1S/C19H24N2O5/c1-5-12(2)20-18(22)11-25-19(23)15-7-6-8-16(9-15)24-10-17-13(3)21-26-14(17)4/h6-9,12H,5,10-11H2,1-4H3,(H,20,22)/t12-/m0/s1. The number of nitrogens with zero attached hydrogens (tertiary/aromatic N) is 1. The van der Waals surface area contributed by atoms with E-state index in [-0.39, 0.29) is 25.2 Å². The van der Waals surface area contributed by atoms with Gasteiger partial charge in [0.2, 0.25) is 0 Å². The van der Waals surface area contributed by atoms with Gasteiger partial charge in [-0.3, -0.25) is 4.79 Å². The highest BCUT2D eigenvalue weighted by Gasteiger charge is 2.13. The molecular weight excluding hydrogens is 336 g/mol. The summed E-state index contributed by atoms with van der Waals surface area (Å²) >= 11 is 0. The summed E-state index contributed by atoms with van der Waals surface area (Å²) in [6.07, 6.45) is 0.810. The summed E-state index contributed by atoms with van der Waals surface area (Å²) in [5.74, 6) is 0.319. The molecule has 1 aromatic carbocycles. The van der Waals surface area contributed by atoms with Crippen molar-refractivity contribution in [1.29, 1.82) is 0 Å². The van der Waals surface area contributed by atoms with Crippen LogP contribution in [-0.4, -0.2) is 29.7 Å². The summed E-state index contributed by atoms with van der Waals surface area (Å²) in [7, 11) is 0. The molecule has 1 N–H and O–H groups in total. The Morgan fingerprint density at radius 2 is 2.08 bits per heavy atom. The van der Waals surface area contributed by atoms with Gasteiger partial charge < -0.3 is 19.3 Å². The number of carbonyl (C=O) groups is 2. The third-order valence-electron chi connectivity index (χ3n) is 3.99. The highest BCUT2D eigenvalue weighted by atomic mass is 16.5. The number of benzene rings is 1. The molecule has 0 spiro atoms. The van der Waals surface area contributed by atoms with Crippen LogP contribution in [0.5, 0.6) is 5.75 Å². The van der Waals surface area contributed by atoms with Crippen molar-refractivity contribution < 1.29 is 23.6 Å². The Bertz CT molecular complexity index is 750. The highest BCUT2D eigenvalue weighted by molar-refractivity contribution is 5.91. The van der Waals surface area contributed by atoms with E-state index in [1.807, 2.05) is 27.7 Å². The van der Waals surface area contributed by atoms with E-state index >= 15 is 0 Å². The Labute approximate surface area is 152 Å². The van der Waals surface area contributed by atoms with Crippen molar-refractivity contribution in [1.82, 2.24) is 10.5 Å². The van der Waals surface area contributed by atoms with Gasteiger partial charge in [-0.1, -0.05) is 18.1 Å². The fourth-order valence-electron chi connectivity index (χ4n) is 2.21. The van der Waals surface area contributed by atoms with Crippen LogP contribution in [0.1, 0.15) is 47.6 Å². The van der Waals surface area contributed by atoms with Crippen molar-refractivity contribution >= 4 is 11.9 Å². The first-order chi connectivity index (χ1) is 12.4. The van der Waals surface area contributed by atoms with Crippen LogP contribution in [0.2, 0.25) is 0 Å². The van der Waals surface area contributed by atoms with Gasteiger partial charge in [0.05, 0.1) is 16.8 Å². The molecule has 26 heavy (non-hydrogen) atoms. The zero-order chi connectivity index (χ0) is 19.1. The Balaban J connectivity index is 1.91. The highest BCUT2D eigenvalue weighted by Crippen LogP contribution is 2.19. The van der Waals surface area contributed by atoms with E-state index in [2.05, 4.69) is 10.5 Å². The van der Waals surface area contributed by atoms with Gasteiger partial charge in [-0.2, -0.15) is 0 Å². The number of carbonyl (C=O) groups excluding carboxylic acids is 2. The molecule has 2 rings (SSSR count). The minimum absolute atomic E-state index is 0.0438. The predicted molar refractivity (Wildman–Crippen MR) is 94.9 cm³/mol. The Morgan fingerprint density at radius 3 is 2.73 bits per heavy atom. The van der Waals surface area contributed by atoms with Gasteiger partial charge in [-0.15, -0.1) is 0 Å². The predicted octanol–water partition coefficient (Wildman–Crippen LogP) is 2.94. The lowest BCUT2D eigenvalue weighted by molar-refractivity contribution is -0.124. The summed E-state index contributed by atoms with van der Waals surface area (Å²) in [5.41, 5.74) is 1.96. The van der Waals surface area contributed by atoms with Gasteiger partial charge in [-0.05, 0) is 45.4 Å². The largest absolute Gasteiger partial charge is 0.489 e. The van der Waals surface area contributed by atoms with Crippen molar-refractivity contribution in [2.45, 2.75) is 46.8 Å². The summed E-state index contributed by atoms with van der Waals surface area (Å²) < 4.78 is 15.8. The Kier molecular flexibility index (Phi) is 6.77. The zero-order valence-electron chi connectivity index (χ0n) is 15.5. The SMILES string of the molecule is CC[C@H](C)NC(=O)COC(=O)c1cccc(OCc2c(C)noc2C)c1. The smallest absolute Gasteiger partial charge is 0.338 e. The first-order valence-corrected chi connectivity index (χ1v) is 8.51. The zero-order valence-corrected chi connectivity index (χ0v) is 15.5. The third-order valence-corrected chi connectivity index (χ3v) is 3.99. The second-order valence-corrected chi connectivity index (χ2v) is 6.07. The van der Waals surface area contributed by atoms with E-state index < -0.39 is 5.97 Å². The quantitative estimate of drug-likeness (QED) is 0.728. The maximum Gasteiger partial charge on any atom is 0.338 e. The van der Waals surface area contributed by atoms with Crippen LogP contribution in [-0.2, 0) is 16.1 Å². The van der Waals surface area contributed by atoms with Gasteiger partial charge in [0.1, 0.15) is 18.1 Å². The maximum atomic E-state index is 12.1. The normalized spacial score (nSPS) is 11.7. The number of ether oxygens (including phenoxy) is 2. The summed E-state index contributed by atoms with van der Waals surface area (Å²) in [4.78, 5) is 23.8. The lowest BCUT2D eigenvalue weighted by Gasteiger charge is -2.12. The monoisotopic (exact) mass is 360 g/mol. The molecule has 0 aliphatic heterocycles. The molecule has 7 nitrogen and oxygen atoms in total. The molecule has 1 aromatic heterocycles. The number of hydrogen-bond donors (Lipinski definition) is 1. The fraction of sp³-hybridized carbons (Fsp3) is 0.421. The van der Waals surface area contributed by atoms with Crippen molar-refractivity contribution in [3.63, 3.8) is 0 Å². The number of amides is 1. The molecule has 7 heteroatoms. The van der Waals surface area contributed by atoms with Gasteiger partial charge in [0, 0.05) is 6.04 Å². The number of nitrogens with one attached hydrogen (secondary N) is 1. The van der Waals surface area contributed by atoms with Crippen LogP contribution in [0.4, 0.5) is 0 Å². The maximum absolute atomic E-state index is 12.1. The average Bonchev–Trinajstić information content (AvgIpc) is 2.96. The fourth-order valence-corrected chi connectivity index (χ4v) is 2.21. The topological polar surface area (TPSA) is 90.7 Å². The lowest BCUT2D eigenvalue weighted by atomic mass is 10.2. The van der Waals surface area contributed by atoms with Crippen molar-refractivity contribution in [2.75, 3.05) is 6.61 Å². The summed E-state index contributed by atoms with van der Waals surface area (Å²) in [6.45, 7) is 7.49. The third kappa shape index (κ3) is 5.34. The van der Waals surface area contributed by atoms with E-state index in [0.29, 0.717) is 17.1 Å². The van der Waals surface area contributed by atoms with Gasteiger partial charge in [0.15, 0.2) is 6.61 Å². The van der Waals surface area contributed by atoms with E-state index in [0.717, 1.165) is 17.7 Å². The number of aromatic nitrogens is 1. The molecule has 0 unspecified atom stereocenters.